The van der Waals surface area contributed by atoms with Gasteiger partial charge in [-0.15, -0.1) is 0 Å². The molecule has 7 nitrogen and oxygen atoms in total. The molecule has 1 aliphatic heterocycles. The van der Waals surface area contributed by atoms with Crippen LogP contribution in [0.4, 0.5) is 10.5 Å². The fraction of sp³-hybridized carbons (Fsp3) is 0.515. The second-order valence-corrected chi connectivity index (χ2v) is 12.1. The highest BCUT2D eigenvalue weighted by atomic mass is 35.5. The lowest BCUT2D eigenvalue weighted by atomic mass is 9.96. The van der Waals surface area contributed by atoms with Crippen LogP contribution in [0.25, 0.3) is 0 Å². The average molecular weight is 616 g/mol. The highest BCUT2D eigenvalue weighted by Gasteiger charge is 2.24. The van der Waals surface area contributed by atoms with Crippen molar-refractivity contribution < 1.29 is 19.1 Å². The number of anilines is 1. The Kier molecular flexibility index (Phi) is 14.9. The number of nitrogens with one attached hydrogen (secondary N) is 1. The number of hydrogen-bond donors (Lipinski definition) is 2. The molecule has 42 heavy (non-hydrogen) atoms. The van der Waals surface area contributed by atoms with E-state index < -0.39 is 5.91 Å². The van der Waals surface area contributed by atoms with Crippen molar-refractivity contribution >= 4 is 41.2 Å². The van der Waals surface area contributed by atoms with Gasteiger partial charge in [-0.05, 0) is 106 Å². The summed E-state index contributed by atoms with van der Waals surface area (Å²) < 4.78 is 13.8. The van der Waals surface area contributed by atoms with Crippen molar-refractivity contribution in [3.05, 3.63) is 70.8 Å². The van der Waals surface area contributed by atoms with E-state index in [9.17, 15) is 9.59 Å². The number of amides is 2. The summed E-state index contributed by atoms with van der Waals surface area (Å²) in [7, 11) is 0. The van der Waals surface area contributed by atoms with Crippen LogP contribution in [0.1, 0.15) is 74.7 Å². The highest BCUT2D eigenvalue weighted by molar-refractivity contribution is 7.97. The van der Waals surface area contributed by atoms with Crippen LogP contribution in [0.3, 0.4) is 0 Å². The first-order chi connectivity index (χ1) is 20.4. The summed E-state index contributed by atoms with van der Waals surface area (Å²) >= 11 is 7.56. The molecule has 3 rings (SSSR count). The normalized spacial score (nSPS) is 15.5. The third-order valence-corrected chi connectivity index (χ3v) is 8.61. The third-order valence-electron chi connectivity index (χ3n) is 7.57. The van der Waals surface area contributed by atoms with Gasteiger partial charge in [0.05, 0.1) is 18.9 Å². The molecule has 0 aliphatic carbocycles. The van der Waals surface area contributed by atoms with Crippen molar-refractivity contribution in [3.8, 4) is 5.75 Å². The number of aryl methyl sites for hydroxylation is 1. The second-order valence-electron chi connectivity index (χ2n) is 10.8. The van der Waals surface area contributed by atoms with E-state index in [2.05, 4.69) is 34.8 Å². The van der Waals surface area contributed by atoms with E-state index in [1.165, 1.54) is 17.5 Å². The zero-order valence-electron chi connectivity index (χ0n) is 25.0. The number of rotatable bonds is 17. The van der Waals surface area contributed by atoms with E-state index in [0.29, 0.717) is 30.6 Å². The summed E-state index contributed by atoms with van der Waals surface area (Å²) in [5.74, 6) is 2.19. The minimum absolute atomic E-state index is 0.378. The monoisotopic (exact) mass is 615 g/mol. The number of benzene rings is 2. The number of allylic oxidation sites excluding steroid dienone is 2. The quantitative estimate of drug-likeness (QED) is 0.107. The Balaban J connectivity index is 1.53. The van der Waals surface area contributed by atoms with Crippen LogP contribution >= 0.6 is 23.5 Å². The summed E-state index contributed by atoms with van der Waals surface area (Å²) in [6, 6.07) is 13.6. The number of carbonyl (C=O) groups excluding carboxylic acids is 2. The van der Waals surface area contributed by atoms with Crippen LogP contribution in [-0.2, 0) is 11.2 Å². The molecule has 2 aromatic rings. The molecule has 1 unspecified atom stereocenters. The molecule has 0 saturated heterocycles. The average Bonchev–Trinajstić information content (AvgIpc) is 3.15. The van der Waals surface area contributed by atoms with Crippen molar-refractivity contribution in [1.82, 2.24) is 4.72 Å². The Morgan fingerprint density at radius 3 is 2.83 bits per heavy atom. The summed E-state index contributed by atoms with van der Waals surface area (Å²) in [5, 5.41) is 0.778. The summed E-state index contributed by atoms with van der Waals surface area (Å²) in [6.07, 6.45) is 12.4. The number of halogens is 1. The number of ether oxygens (including phenoxy) is 2. The predicted octanol–water partition coefficient (Wildman–Crippen LogP) is 7.81. The second kappa shape index (κ2) is 18.6. The molecule has 230 valence electrons. The minimum atomic E-state index is -0.424. The van der Waals surface area contributed by atoms with Crippen LogP contribution in [0, 0.1) is 11.8 Å². The molecular weight excluding hydrogens is 570 g/mol. The van der Waals surface area contributed by atoms with E-state index in [0.717, 1.165) is 86.7 Å². The van der Waals surface area contributed by atoms with Crippen molar-refractivity contribution in [1.29, 1.82) is 0 Å². The summed E-state index contributed by atoms with van der Waals surface area (Å²) in [6.45, 7) is 6.86. The lowest BCUT2D eigenvalue weighted by Gasteiger charge is -2.28. The number of unbranched alkanes of at least 4 members (excludes halogenated alkanes) is 1. The van der Waals surface area contributed by atoms with E-state index >= 15 is 0 Å². The maximum atomic E-state index is 12.0. The van der Waals surface area contributed by atoms with Crippen molar-refractivity contribution in [2.45, 2.75) is 65.2 Å². The molecule has 0 radical (unpaired) electrons. The van der Waals surface area contributed by atoms with Crippen LogP contribution in [0.5, 0.6) is 5.75 Å². The SMILES string of the molecule is CCOC(=O)NSCCC/C=C/C[C@H](CC)CCN1CC(CCCc2cccc(Cl)c2)COc2ccc(C(N)=O)cc21. The maximum Gasteiger partial charge on any atom is 0.417 e. The molecule has 2 atom stereocenters. The Bertz CT molecular complexity index is 1160. The first-order valence-electron chi connectivity index (χ1n) is 15.1. The number of primary amides is 1. The molecular formula is C33H46ClN3O4S. The zero-order chi connectivity index (χ0) is 30.2. The molecule has 0 fully saturated rings. The van der Waals surface area contributed by atoms with Gasteiger partial charge in [0.15, 0.2) is 0 Å². The van der Waals surface area contributed by atoms with Crippen LogP contribution in [0.2, 0.25) is 5.02 Å². The number of nitrogens with zero attached hydrogens (tertiary/aromatic N) is 1. The summed E-state index contributed by atoms with van der Waals surface area (Å²) in [5.41, 5.74) is 8.35. The molecule has 9 heteroatoms. The van der Waals surface area contributed by atoms with Crippen LogP contribution in [-0.4, -0.2) is 44.1 Å². The lowest BCUT2D eigenvalue weighted by molar-refractivity contribution is 0.1000. The van der Waals surface area contributed by atoms with Gasteiger partial charge in [-0.1, -0.05) is 49.2 Å². The predicted molar refractivity (Wildman–Crippen MR) is 175 cm³/mol. The standard InChI is InChI=1S/C33H46ClN3O4S/c1-3-25(11-7-5-6-8-20-42-36-33(39)40-4-2)18-19-37-23-27(14-9-12-26-13-10-15-29(34)21-26)24-41-31-17-16-28(32(35)38)22-30(31)37/h5,7,10,13,15-17,21-22,25,27H,3-4,6,8-9,11-12,14,18-20,23-24H2,1-2H3,(H2,35,38)(H,36,39)/b7-5+/t25-,27?/m0/s1. The van der Waals surface area contributed by atoms with E-state index in [1.807, 2.05) is 30.3 Å². The molecule has 0 spiro atoms. The van der Waals surface area contributed by atoms with Gasteiger partial charge in [-0.2, -0.15) is 0 Å². The molecule has 3 N–H and O–H groups in total. The smallest absolute Gasteiger partial charge is 0.417 e. The Labute approximate surface area is 260 Å². The molecule has 0 bridgehead atoms. The van der Waals surface area contributed by atoms with Gasteiger partial charge >= 0.3 is 6.09 Å². The molecule has 2 aromatic carbocycles. The Hall–Kier alpha value is -2.84. The van der Waals surface area contributed by atoms with E-state index in [4.69, 9.17) is 26.8 Å². The van der Waals surface area contributed by atoms with Gasteiger partial charge in [-0.25, -0.2) is 4.79 Å². The topological polar surface area (TPSA) is 93.9 Å². The van der Waals surface area contributed by atoms with Gasteiger partial charge < -0.3 is 20.1 Å². The number of fused-ring (bicyclic) bond motifs is 1. The fourth-order valence-corrected chi connectivity index (χ4v) is 5.96. The maximum absolute atomic E-state index is 12.0. The van der Waals surface area contributed by atoms with Gasteiger partial charge in [-0.3, -0.25) is 9.52 Å². The first kappa shape index (κ1) is 33.7. The van der Waals surface area contributed by atoms with Gasteiger partial charge in [0, 0.05) is 35.3 Å². The molecule has 0 aromatic heterocycles. The first-order valence-corrected chi connectivity index (χ1v) is 16.5. The molecule has 1 aliphatic rings. The largest absolute Gasteiger partial charge is 0.491 e. The van der Waals surface area contributed by atoms with Gasteiger partial charge in [0.1, 0.15) is 5.75 Å². The number of nitrogens with two attached hydrogens (primary N) is 1. The van der Waals surface area contributed by atoms with Crippen molar-refractivity contribution in [2.24, 2.45) is 17.6 Å². The van der Waals surface area contributed by atoms with Crippen LogP contribution in [0.15, 0.2) is 54.6 Å². The van der Waals surface area contributed by atoms with Crippen molar-refractivity contribution in [3.63, 3.8) is 0 Å². The lowest BCUT2D eigenvalue weighted by Crippen LogP contribution is -2.32. The number of carbonyl (C=O) groups is 2. The molecule has 0 saturated carbocycles. The van der Waals surface area contributed by atoms with Gasteiger partial charge in [0.2, 0.25) is 5.91 Å². The fourth-order valence-electron chi connectivity index (χ4n) is 5.16. The third kappa shape index (κ3) is 11.8. The van der Waals surface area contributed by atoms with E-state index in [-0.39, 0.29) is 6.09 Å². The Morgan fingerprint density at radius 1 is 1.21 bits per heavy atom. The zero-order valence-corrected chi connectivity index (χ0v) is 26.6. The van der Waals surface area contributed by atoms with Crippen molar-refractivity contribution in [2.75, 3.05) is 37.0 Å². The highest BCUT2D eigenvalue weighted by Crippen LogP contribution is 2.35. The van der Waals surface area contributed by atoms with Crippen LogP contribution < -0.4 is 20.1 Å². The Morgan fingerprint density at radius 2 is 2.07 bits per heavy atom. The minimum Gasteiger partial charge on any atom is -0.491 e. The molecule has 2 amide bonds. The molecule has 1 heterocycles. The van der Waals surface area contributed by atoms with E-state index in [1.54, 1.807) is 13.0 Å². The van der Waals surface area contributed by atoms with Gasteiger partial charge in [0.25, 0.3) is 0 Å². The summed E-state index contributed by atoms with van der Waals surface area (Å²) in [4.78, 5) is 25.7. The number of hydrogen-bond acceptors (Lipinski definition) is 6.